The lowest BCUT2D eigenvalue weighted by atomic mass is 10.1. The summed E-state index contributed by atoms with van der Waals surface area (Å²) in [6.45, 7) is 3.99. The van der Waals surface area contributed by atoms with Crippen molar-refractivity contribution in [2.24, 2.45) is 0 Å². The van der Waals surface area contributed by atoms with Gasteiger partial charge in [0.15, 0.2) is 0 Å². The van der Waals surface area contributed by atoms with Gasteiger partial charge in [0.05, 0.1) is 40.9 Å². The number of H-pyrrole nitrogens is 1. The first kappa shape index (κ1) is 23.5. The monoisotopic (exact) mass is 488 g/mol. The molecule has 0 aliphatic rings. The zero-order valence-electron chi connectivity index (χ0n) is 18.2. The Morgan fingerprint density at radius 1 is 1.03 bits per heavy atom. The molecule has 176 valence electrons. The van der Waals surface area contributed by atoms with E-state index in [9.17, 15) is 13.2 Å². The van der Waals surface area contributed by atoms with Crippen LogP contribution in [0.2, 0.25) is 5.02 Å². The van der Waals surface area contributed by atoms with Gasteiger partial charge in [0.25, 0.3) is 0 Å². The van der Waals surface area contributed by atoms with Gasteiger partial charge in [0, 0.05) is 23.0 Å². The Kier molecular flexibility index (Phi) is 6.69. The predicted molar refractivity (Wildman–Crippen MR) is 122 cm³/mol. The van der Waals surface area contributed by atoms with Gasteiger partial charge in [0.2, 0.25) is 0 Å². The van der Waals surface area contributed by atoms with Crippen molar-refractivity contribution in [3.8, 4) is 28.3 Å². The van der Waals surface area contributed by atoms with E-state index in [2.05, 4.69) is 30.7 Å². The molecule has 34 heavy (non-hydrogen) atoms. The Labute approximate surface area is 198 Å². The highest BCUT2D eigenvalue weighted by Gasteiger charge is 2.33. The lowest BCUT2D eigenvalue weighted by molar-refractivity contribution is -0.141. The second-order valence-corrected chi connectivity index (χ2v) is 8.09. The SMILES string of the molecule is CC(C)Oc1ccc(-c2ccc(CNc3cc(-c4cn[nH]c4)nc(C(F)(F)F)c3)nn2)cc1Cl. The minimum Gasteiger partial charge on any atom is -0.489 e. The number of anilines is 1. The number of hydrogen-bond acceptors (Lipinski definition) is 6. The van der Waals surface area contributed by atoms with Gasteiger partial charge in [-0.2, -0.15) is 28.5 Å². The molecular weight excluding hydrogens is 469 g/mol. The summed E-state index contributed by atoms with van der Waals surface area (Å²) in [5.74, 6) is 0.583. The van der Waals surface area contributed by atoms with E-state index >= 15 is 0 Å². The standard InChI is InChI=1S/C23H20ClF3N6O/c1-13(2)34-21-6-3-14(7-18(21)24)19-5-4-16(32-33-19)12-28-17-8-20(15-10-29-30-11-15)31-22(9-17)23(25,26)27/h3-11,13H,12H2,1-2H3,(H,28,31)(H,29,30). The van der Waals surface area contributed by atoms with Crippen LogP contribution in [0, 0.1) is 0 Å². The number of alkyl halides is 3. The summed E-state index contributed by atoms with van der Waals surface area (Å²) >= 11 is 6.29. The molecule has 0 saturated heterocycles. The molecule has 0 aliphatic heterocycles. The van der Waals surface area contributed by atoms with E-state index in [0.717, 1.165) is 11.6 Å². The molecule has 0 amide bonds. The fourth-order valence-corrected chi connectivity index (χ4v) is 3.35. The zero-order valence-corrected chi connectivity index (χ0v) is 18.9. The van der Waals surface area contributed by atoms with E-state index in [-0.39, 0.29) is 24.0 Å². The van der Waals surface area contributed by atoms with E-state index in [4.69, 9.17) is 16.3 Å². The maximum atomic E-state index is 13.3. The van der Waals surface area contributed by atoms with E-state index in [1.54, 1.807) is 24.3 Å². The fourth-order valence-electron chi connectivity index (χ4n) is 3.13. The summed E-state index contributed by atoms with van der Waals surface area (Å²) in [5, 5.41) is 18.2. The van der Waals surface area contributed by atoms with Crippen LogP contribution in [0.5, 0.6) is 5.75 Å². The summed E-state index contributed by atoms with van der Waals surface area (Å²) in [4.78, 5) is 3.70. The number of nitrogens with one attached hydrogen (secondary N) is 2. The molecule has 0 spiro atoms. The number of benzene rings is 1. The van der Waals surface area contributed by atoms with E-state index in [1.807, 2.05) is 19.9 Å². The van der Waals surface area contributed by atoms with Crippen LogP contribution < -0.4 is 10.1 Å². The van der Waals surface area contributed by atoms with E-state index in [0.29, 0.717) is 27.7 Å². The first-order valence-electron chi connectivity index (χ1n) is 10.3. The summed E-state index contributed by atoms with van der Waals surface area (Å²) in [6.07, 6.45) is -1.71. The van der Waals surface area contributed by atoms with Crippen LogP contribution in [0.15, 0.2) is 54.9 Å². The van der Waals surface area contributed by atoms with Gasteiger partial charge in [0.1, 0.15) is 11.4 Å². The normalized spacial score (nSPS) is 11.6. The Morgan fingerprint density at radius 3 is 2.47 bits per heavy atom. The lowest BCUT2D eigenvalue weighted by Crippen LogP contribution is -2.10. The predicted octanol–water partition coefficient (Wildman–Crippen LogP) is 6.00. The molecule has 0 fully saturated rings. The third-order valence-corrected chi connectivity index (χ3v) is 4.99. The zero-order chi connectivity index (χ0) is 24.3. The average Bonchev–Trinajstić information content (AvgIpc) is 3.33. The van der Waals surface area contributed by atoms with Crippen LogP contribution >= 0.6 is 11.6 Å². The number of nitrogens with zero attached hydrogens (tertiary/aromatic N) is 4. The average molecular weight is 489 g/mol. The van der Waals surface area contributed by atoms with Crippen molar-refractivity contribution in [2.75, 3.05) is 5.32 Å². The van der Waals surface area contributed by atoms with Gasteiger partial charge in [-0.25, -0.2) is 4.98 Å². The second kappa shape index (κ2) is 9.68. The molecule has 3 aromatic heterocycles. The van der Waals surface area contributed by atoms with Crippen molar-refractivity contribution >= 4 is 17.3 Å². The highest BCUT2D eigenvalue weighted by Crippen LogP contribution is 2.33. The van der Waals surface area contributed by atoms with Gasteiger partial charge < -0.3 is 10.1 Å². The number of ether oxygens (including phenoxy) is 1. The van der Waals surface area contributed by atoms with Crippen molar-refractivity contribution in [2.45, 2.75) is 32.7 Å². The number of aromatic nitrogens is 5. The number of halogens is 4. The Morgan fingerprint density at radius 2 is 1.85 bits per heavy atom. The van der Waals surface area contributed by atoms with Gasteiger partial charge in [-0.15, -0.1) is 0 Å². The molecule has 0 radical (unpaired) electrons. The summed E-state index contributed by atoms with van der Waals surface area (Å²) in [6, 6.07) is 11.3. The van der Waals surface area contributed by atoms with Crippen LogP contribution in [0.25, 0.3) is 22.5 Å². The molecule has 3 heterocycles. The van der Waals surface area contributed by atoms with Crippen LogP contribution in [0.3, 0.4) is 0 Å². The minimum atomic E-state index is -4.59. The highest BCUT2D eigenvalue weighted by molar-refractivity contribution is 6.32. The molecule has 11 heteroatoms. The molecule has 1 aromatic carbocycles. The minimum absolute atomic E-state index is 0.00158. The van der Waals surface area contributed by atoms with Gasteiger partial charge in [-0.1, -0.05) is 11.6 Å². The summed E-state index contributed by atoms with van der Waals surface area (Å²) in [7, 11) is 0. The molecule has 0 unspecified atom stereocenters. The first-order chi connectivity index (χ1) is 16.2. The molecule has 2 N–H and O–H groups in total. The third kappa shape index (κ3) is 5.63. The number of aromatic amines is 1. The van der Waals surface area contributed by atoms with Gasteiger partial charge in [-0.05, 0) is 56.3 Å². The summed E-state index contributed by atoms with van der Waals surface area (Å²) in [5.41, 5.74) is 1.75. The van der Waals surface area contributed by atoms with Crippen molar-refractivity contribution in [1.29, 1.82) is 0 Å². The molecule has 4 aromatic rings. The Hall–Kier alpha value is -3.66. The van der Waals surface area contributed by atoms with Gasteiger partial charge in [-0.3, -0.25) is 5.10 Å². The van der Waals surface area contributed by atoms with E-state index in [1.165, 1.54) is 18.5 Å². The third-order valence-electron chi connectivity index (χ3n) is 4.69. The number of hydrogen-bond donors (Lipinski definition) is 2. The second-order valence-electron chi connectivity index (χ2n) is 7.69. The highest BCUT2D eigenvalue weighted by atomic mass is 35.5. The molecule has 0 aliphatic carbocycles. The summed E-state index contributed by atoms with van der Waals surface area (Å²) < 4.78 is 45.6. The largest absolute Gasteiger partial charge is 0.489 e. The maximum absolute atomic E-state index is 13.3. The topological polar surface area (TPSA) is 88.6 Å². The van der Waals surface area contributed by atoms with Crippen molar-refractivity contribution < 1.29 is 17.9 Å². The Balaban J connectivity index is 1.49. The Bertz CT molecular complexity index is 1260. The smallest absolute Gasteiger partial charge is 0.433 e. The molecule has 0 bridgehead atoms. The number of rotatable bonds is 7. The first-order valence-corrected chi connectivity index (χ1v) is 10.7. The van der Waals surface area contributed by atoms with Crippen LogP contribution in [-0.2, 0) is 12.7 Å². The maximum Gasteiger partial charge on any atom is 0.433 e. The van der Waals surface area contributed by atoms with Gasteiger partial charge >= 0.3 is 6.18 Å². The van der Waals surface area contributed by atoms with Crippen molar-refractivity contribution in [3.63, 3.8) is 0 Å². The van der Waals surface area contributed by atoms with Crippen molar-refractivity contribution in [3.05, 3.63) is 71.3 Å². The van der Waals surface area contributed by atoms with Crippen LogP contribution in [-0.4, -0.2) is 31.5 Å². The quantitative estimate of drug-likeness (QED) is 0.331. The van der Waals surface area contributed by atoms with Crippen LogP contribution in [0.4, 0.5) is 18.9 Å². The molecule has 4 rings (SSSR count). The fraction of sp³-hybridized carbons (Fsp3) is 0.217. The molecule has 7 nitrogen and oxygen atoms in total. The number of pyridine rings is 1. The molecular formula is C23H20ClF3N6O. The lowest BCUT2D eigenvalue weighted by Gasteiger charge is -2.13. The molecule has 0 saturated carbocycles. The molecule has 0 atom stereocenters. The van der Waals surface area contributed by atoms with E-state index < -0.39 is 11.9 Å². The van der Waals surface area contributed by atoms with Crippen LogP contribution in [0.1, 0.15) is 25.2 Å². The van der Waals surface area contributed by atoms with Crippen molar-refractivity contribution in [1.82, 2.24) is 25.4 Å².